The number of thiazole rings is 1. The molecular formula is C17H22N5O3S+. The van der Waals surface area contributed by atoms with Crippen molar-refractivity contribution in [3.05, 3.63) is 40.4 Å². The van der Waals surface area contributed by atoms with Gasteiger partial charge in [-0.3, -0.25) is 4.79 Å². The van der Waals surface area contributed by atoms with E-state index < -0.39 is 0 Å². The molecule has 0 atom stereocenters. The number of amides is 2. The number of hydrogen-bond acceptors (Lipinski definition) is 6. The number of nitrogens with two attached hydrogens (primary N) is 1. The lowest BCUT2D eigenvalue weighted by Crippen LogP contribution is -2.20. The average Bonchev–Trinajstić information content (AvgIpc) is 2.98. The first kappa shape index (κ1) is 19.7. The molecule has 2 amide bonds. The molecule has 0 aliphatic heterocycles. The molecule has 5 N–H and O–H groups in total. The molecule has 0 unspecified atom stereocenters. The van der Waals surface area contributed by atoms with Crippen molar-refractivity contribution < 1.29 is 14.6 Å². The van der Waals surface area contributed by atoms with Crippen LogP contribution in [0.1, 0.15) is 41.7 Å². The number of aryl methyl sites for hydroxylation is 1. The van der Waals surface area contributed by atoms with E-state index in [9.17, 15) is 14.5 Å². The summed E-state index contributed by atoms with van der Waals surface area (Å²) < 4.78 is 0. The Kier molecular flexibility index (Phi) is 7.37. The van der Waals surface area contributed by atoms with Crippen molar-refractivity contribution in [2.75, 3.05) is 17.2 Å². The van der Waals surface area contributed by atoms with E-state index in [4.69, 9.17) is 5.73 Å². The molecule has 9 heteroatoms. The number of aromatic nitrogens is 1. The lowest BCUT2D eigenvalue weighted by atomic mass is 10.1. The molecule has 0 aliphatic rings. The minimum atomic E-state index is -0.390. The number of anilines is 2. The topological polar surface area (TPSA) is 128 Å². The number of para-hydroxylation sites is 1. The third-order valence-corrected chi connectivity index (χ3v) is 4.67. The van der Waals surface area contributed by atoms with Crippen molar-refractivity contribution in [2.24, 2.45) is 10.9 Å². The van der Waals surface area contributed by atoms with E-state index in [1.165, 1.54) is 0 Å². The van der Waals surface area contributed by atoms with Gasteiger partial charge in [-0.2, -0.15) is 5.32 Å². The van der Waals surface area contributed by atoms with Crippen LogP contribution in [-0.2, 0) is 4.79 Å². The summed E-state index contributed by atoms with van der Waals surface area (Å²) in [6.45, 7) is 2.31. The van der Waals surface area contributed by atoms with Crippen molar-refractivity contribution >= 4 is 39.0 Å². The highest BCUT2D eigenvalue weighted by Gasteiger charge is 2.21. The number of unbranched alkanes of at least 4 members (excludes halogenated alkanes) is 2. The zero-order chi connectivity index (χ0) is 18.9. The number of rotatable bonds is 9. The van der Waals surface area contributed by atoms with Gasteiger partial charge >= 0.3 is 11.0 Å². The molecule has 138 valence electrons. The van der Waals surface area contributed by atoms with Gasteiger partial charge < -0.3 is 11.1 Å². The normalized spacial score (nSPS) is 10.4. The molecule has 1 heterocycles. The van der Waals surface area contributed by atoms with E-state index >= 15 is 0 Å². The van der Waals surface area contributed by atoms with Crippen LogP contribution in [-0.4, -0.2) is 18.4 Å². The van der Waals surface area contributed by atoms with Crippen LogP contribution < -0.4 is 21.4 Å². The Morgan fingerprint density at radius 3 is 2.65 bits per heavy atom. The summed E-state index contributed by atoms with van der Waals surface area (Å²) >= 11 is 1.05. The van der Waals surface area contributed by atoms with Crippen LogP contribution in [0.3, 0.4) is 0 Å². The Morgan fingerprint density at radius 1 is 1.19 bits per heavy atom. The lowest BCUT2D eigenvalue weighted by molar-refractivity contribution is -0.363. The second-order valence-corrected chi connectivity index (χ2v) is 6.72. The minimum absolute atomic E-state index is 0.145. The molecule has 1 aromatic carbocycles. The number of carbonyl (C=O) groups excluding carboxylic acids is 2. The number of hydrogen-bond donors (Lipinski definition) is 3. The van der Waals surface area contributed by atoms with Crippen molar-refractivity contribution in [1.29, 1.82) is 0 Å². The van der Waals surface area contributed by atoms with E-state index in [2.05, 4.69) is 20.8 Å². The van der Waals surface area contributed by atoms with Gasteiger partial charge in [0.25, 0.3) is 0 Å². The minimum Gasteiger partial charge on any atom is -0.330 e. The zero-order valence-corrected chi connectivity index (χ0v) is 15.3. The first-order valence-corrected chi connectivity index (χ1v) is 9.13. The Labute approximate surface area is 155 Å². The van der Waals surface area contributed by atoms with E-state index in [1.807, 2.05) is 0 Å². The van der Waals surface area contributed by atoms with Crippen molar-refractivity contribution in [1.82, 2.24) is 0 Å². The van der Waals surface area contributed by atoms with Crippen LogP contribution in [0, 0.1) is 11.8 Å². The molecule has 0 aliphatic carbocycles. The van der Waals surface area contributed by atoms with Crippen LogP contribution in [0.25, 0.3) is 0 Å². The van der Waals surface area contributed by atoms with Gasteiger partial charge in [-0.05, 0) is 48.0 Å². The Hall–Kier alpha value is -2.65. The van der Waals surface area contributed by atoms with E-state index in [-0.39, 0.29) is 16.8 Å². The first-order chi connectivity index (χ1) is 12.5. The van der Waals surface area contributed by atoms with E-state index in [1.54, 1.807) is 31.2 Å². The predicted octanol–water partition coefficient (Wildman–Crippen LogP) is 2.98. The number of H-pyrrole nitrogens is 1. The molecule has 0 saturated heterocycles. The second-order valence-electron chi connectivity index (χ2n) is 5.72. The molecular weight excluding hydrogens is 354 g/mol. The average molecular weight is 376 g/mol. The van der Waals surface area contributed by atoms with Crippen LogP contribution in [0.15, 0.2) is 29.4 Å². The van der Waals surface area contributed by atoms with Crippen LogP contribution in [0.2, 0.25) is 0 Å². The van der Waals surface area contributed by atoms with Crippen molar-refractivity contribution in [2.45, 2.75) is 32.6 Å². The summed E-state index contributed by atoms with van der Waals surface area (Å²) in [5.41, 5.74) is 6.79. The van der Waals surface area contributed by atoms with Crippen LogP contribution >= 0.6 is 11.3 Å². The fourth-order valence-electron chi connectivity index (χ4n) is 2.35. The number of nitrogens with zero attached hydrogens (tertiary/aromatic N) is 1. The maximum absolute atomic E-state index is 12.5. The monoisotopic (exact) mass is 376 g/mol. The largest absolute Gasteiger partial charge is 0.341 e. The Balaban J connectivity index is 2.03. The highest BCUT2D eigenvalue weighted by molar-refractivity contribution is 7.19. The molecule has 0 radical (unpaired) electrons. The molecule has 0 saturated carbocycles. The van der Waals surface area contributed by atoms with Gasteiger partial charge in [0.1, 0.15) is 5.69 Å². The SMILES string of the molecule is Cc1[nH+]c(NC(=O)c2ccccc2NC(=O)CCCCCN)sc1N=O. The molecule has 2 rings (SSSR count). The molecule has 0 fully saturated rings. The van der Waals surface area contributed by atoms with Gasteiger partial charge in [-0.25, -0.2) is 9.78 Å². The number of nitroso groups, excluding NO2 is 1. The quantitative estimate of drug-likeness (QED) is 0.459. The fraction of sp³-hybridized carbons (Fsp3) is 0.353. The van der Waals surface area contributed by atoms with Gasteiger partial charge in [-0.15, -0.1) is 4.91 Å². The third-order valence-electron chi connectivity index (χ3n) is 3.68. The van der Waals surface area contributed by atoms with Gasteiger partial charge in [0.05, 0.1) is 11.3 Å². The summed E-state index contributed by atoms with van der Waals surface area (Å²) in [7, 11) is 0. The molecule has 2 aromatic rings. The molecule has 0 spiro atoms. The summed E-state index contributed by atoms with van der Waals surface area (Å²) in [6, 6.07) is 6.76. The maximum Gasteiger partial charge on any atom is 0.341 e. The third kappa shape index (κ3) is 5.43. The van der Waals surface area contributed by atoms with Gasteiger partial charge in [0.2, 0.25) is 10.9 Å². The Morgan fingerprint density at radius 2 is 1.96 bits per heavy atom. The van der Waals surface area contributed by atoms with Gasteiger partial charge in [-0.1, -0.05) is 18.6 Å². The zero-order valence-electron chi connectivity index (χ0n) is 14.5. The first-order valence-electron chi connectivity index (χ1n) is 8.31. The molecule has 8 nitrogen and oxygen atoms in total. The highest BCUT2D eigenvalue weighted by Crippen LogP contribution is 2.27. The highest BCUT2D eigenvalue weighted by atomic mass is 32.1. The number of aromatic amines is 1. The van der Waals surface area contributed by atoms with Crippen molar-refractivity contribution in [3.8, 4) is 0 Å². The second kappa shape index (κ2) is 9.73. The lowest BCUT2D eigenvalue weighted by Gasteiger charge is -2.08. The van der Waals surface area contributed by atoms with Crippen molar-refractivity contribution in [3.63, 3.8) is 0 Å². The summed E-state index contributed by atoms with van der Waals surface area (Å²) in [5, 5.41) is 9.04. The number of nitrogens with one attached hydrogen (secondary N) is 3. The standard InChI is InChI=1S/C17H21N5O3S/c1-11-16(22-25)26-17(19-11)21-15(24)12-7-4-5-8-13(12)20-14(23)9-3-2-6-10-18/h4-5,7-8H,2-3,6,9-10,18H2,1H3,(H,20,23)(H,19,21,24)/p+1. The number of benzene rings is 1. The fourth-order valence-corrected chi connectivity index (χ4v) is 3.13. The van der Waals surface area contributed by atoms with E-state index in [0.29, 0.717) is 35.0 Å². The summed E-state index contributed by atoms with van der Waals surface area (Å²) in [4.78, 5) is 38.2. The smallest absolute Gasteiger partial charge is 0.330 e. The number of carbonyl (C=O) groups is 2. The van der Waals surface area contributed by atoms with Gasteiger partial charge in [0.15, 0.2) is 0 Å². The maximum atomic E-state index is 12.5. The summed E-state index contributed by atoms with van der Waals surface area (Å²) in [5.74, 6) is -0.535. The van der Waals surface area contributed by atoms with Crippen LogP contribution in [0.5, 0.6) is 0 Å². The molecule has 1 aromatic heterocycles. The Bertz CT molecular complexity index is 790. The molecule has 0 bridgehead atoms. The molecule has 26 heavy (non-hydrogen) atoms. The van der Waals surface area contributed by atoms with Crippen LogP contribution in [0.4, 0.5) is 15.8 Å². The summed E-state index contributed by atoms with van der Waals surface area (Å²) in [6.07, 6.45) is 2.91. The van der Waals surface area contributed by atoms with Gasteiger partial charge in [0, 0.05) is 13.3 Å². The van der Waals surface area contributed by atoms with E-state index in [0.717, 1.165) is 30.6 Å². The predicted molar refractivity (Wildman–Crippen MR) is 102 cm³/mol.